The largest absolute Gasteiger partial charge is 0.238 e. The van der Waals surface area contributed by atoms with Crippen molar-refractivity contribution in [2.75, 3.05) is 0 Å². The van der Waals surface area contributed by atoms with Gasteiger partial charge in [0.15, 0.2) is 0 Å². The molecule has 3 heteroatoms. The Kier molecular flexibility index (Phi) is 3.27. The third-order valence-electron chi connectivity index (χ3n) is 2.18. The molecule has 82 valence electrons. The van der Waals surface area contributed by atoms with Gasteiger partial charge in [0, 0.05) is 0 Å². The van der Waals surface area contributed by atoms with E-state index in [-0.39, 0.29) is 5.82 Å². The summed E-state index contributed by atoms with van der Waals surface area (Å²) in [5.74, 6) is -0.272. The molecule has 1 aromatic carbocycles. The minimum atomic E-state index is -0.272. The van der Waals surface area contributed by atoms with E-state index in [1.165, 1.54) is 12.1 Å². The fourth-order valence-electron chi connectivity index (χ4n) is 1.40. The summed E-state index contributed by atoms with van der Waals surface area (Å²) in [5, 5.41) is 8.70. The van der Waals surface area contributed by atoms with Crippen LogP contribution in [-0.2, 0) is 0 Å². The maximum absolute atomic E-state index is 12.9. The van der Waals surface area contributed by atoms with E-state index in [0.29, 0.717) is 11.4 Å². The number of pyridine rings is 1. The summed E-state index contributed by atoms with van der Waals surface area (Å²) in [4.78, 5) is 4.09. The first kappa shape index (κ1) is 11.0. The summed E-state index contributed by atoms with van der Waals surface area (Å²) >= 11 is 0. The van der Waals surface area contributed by atoms with Crippen LogP contribution in [0.4, 0.5) is 4.39 Å². The third-order valence-corrected chi connectivity index (χ3v) is 2.18. The standard InChI is InChI=1S/C14H9FN2/c15-12-4-1-3-11(9-12)7-8-13-5-2-6-14(10-16)17-13/h1-9H/b8-7+. The van der Waals surface area contributed by atoms with Crippen molar-refractivity contribution in [3.8, 4) is 6.07 Å². The molecular weight excluding hydrogens is 215 g/mol. The average Bonchev–Trinajstić information content (AvgIpc) is 2.37. The van der Waals surface area contributed by atoms with Crippen LogP contribution in [0.5, 0.6) is 0 Å². The van der Waals surface area contributed by atoms with Gasteiger partial charge in [0.2, 0.25) is 0 Å². The van der Waals surface area contributed by atoms with Crippen LogP contribution in [0.25, 0.3) is 12.2 Å². The molecule has 0 amide bonds. The third kappa shape index (κ3) is 2.99. The Bertz CT molecular complexity index is 597. The van der Waals surface area contributed by atoms with E-state index < -0.39 is 0 Å². The Morgan fingerprint density at radius 2 is 1.94 bits per heavy atom. The summed E-state index contributed by atoms with van der Waals surface area (Å²) in [5.41, 5.74) is 1.80. The first-order valence-electron chi connectivity index (χ1n) is 5.09. The number of hydrogen-bond acceptors (Lipinski definition) is 2. The van der Waals surface area contributed by atoms with E-state index in [4.69, 9.17) is 5.26 Å². The SMILES string of the molecule is N#Cc1cccc(/C=C/c2cccc(F)c2)n1. The predicted molar refractivity (Wildman–Crippen MR) is 64.3 cm³/mol. The van der Waals surface area contributed by atoms with Crippen molar-refractivity contribution in [3.63, 3.8) is 0 Å². The van der Waals surface area contributed by atoms with Crippen LogP contribution >= 0.6 is 0 Å². The van der Waals surface area contributed by atoms with Crippen molar-refractivity contribution in [2.24, 2.45) is 0 Å². The zero-order valence-corrected chi connectivity index (χ0v) is 8.97. The van der Waals surface area contributed by atoms with Crippen LogP contribution in [0.15, 0.2) is 42.5 Å². The van der Waals surface area contributed by atoms with Gasteiger partial charge in [-0.05, 0) is 35.9 Å². The van der Waals surface area contributed by atoms with Gasteiger partial charge in [0.1, 0.15) is 17.6 Å². The van der Waals surface area contributed by atoms with Crippen molar-refractivity contribution in [3.05, 3.63) is 65.2 Å². The second-order valence-corrected chi connectivity index (χ2v) is 3.45. The van der Waals surface area contributed by atoms with E-state index in [2.05, 4.69) is 4.98 Å². The number of aromatic nitrogens is 1. The number of benzene rings is 1. The molecule has 1 heterocycles. The van der Waals surface area contributed by atoms with E-state index in [1.807, 2.05) is 6.07 Å². The van der Waals surface area contributed by atoms with Gasteiger partial charge in [-0.15, -0.1) is 0 Å². The lowest BCUT2D eigenvalue weighted by atomic mass is 10.2. The number of nitriles is 1. The lowest BCUT2D eigenvalue weighted by Crippen LogP contribution is -1.84. The number of hydrogen-bond donors (Lipinski definition) is 0. The quantitative estimate of drug-likeness (QED) is 0.785. The molecule has 0 aliphatic rings. The Balaban J connectivity index is 2.23. The molecule has 2 rings (SSSR count). The molecule has 1 aromatic heterocycles. The van der Waals surface area contributed by atoms with Gasteiger partial charge in [-0.25, -0.2) is 9.37 Å². The van der Waals surface area contributed by atoms with Crippen LogP contribution in [0.1, 0.15) is 17.0 Å². The van der Waals surface area contributed by atoms with Crippen LogP contribution in [0, 0.1) is 17.1 Å². The first-order valence-corrected chi connectivity index (χ1v) is 5.09. The molecule has 0 saturated heterocycles. The molecule has 0 bridgehead atoms. The van der Waals surface area contributed by atoms with Crippen molar-refractivity contribution in [2.45, 2.75) is 0 Å². The molecule has 0 spiro atoms. The molecule has 2 nitrogen and oxygen atoms in total. The molecule has 0 atom stereocenters. The molecule has 0 fully saturated rings. The maximum Gasteiger partial charge on any atom is 0.141 e. The summed E-state index contributed by atoms with van der Waals surface area (Å²) in [6.45, 7) is 0. The van der Waals surface area contributed by atoms with Gasteiger partial charge in [-0.1, -0.05) is 24.3 Å². The Hall–Kier alpha value is -2.47. The Morgan fingerprint density at radius 1 is 1.12 bits per heavy atom. The van der Waals surface area contributed by atoms with Crippen molar-refractivity contribution >= 4 is 12.2 Å². The van der Waals surface area contributed by atoms with Crippen LogP contribution in [0.3, 0.4) is 0 Å². The normalized spacial score (nSPS) is 10.4. The minimum absolute atomic E-state index is 0.272. The first-order chi connectivity index (χ1) is 8.28. The summed E-state index contributed by atoms with van der Waals surface area (Å²) in [6, 6.07) is 13.4. The molecule has 0 aliphatic carbocycles. The monoisotopic (exact) mass is 224 g/mol. The smallest absolute Gasteiger partial charge is 0.141 e. The summed E-state index contributed by atoms with van der Waals surface area (Å²) < 4.78 is 12.9. The van der Waals surface area contributed by atoms with Crippen LogP contribution in [0.2, 0.25) is 0 Å². The highest BCUT2D eigenvalue weighted by Crippen LogP contribution is 2.08. The van der Waals surface area contributed by atoms with Gasteiger partial charge in [0.05, 0.1) is 5.69 Å². The molecular formula is C14H9FN2. The molecule has 0 unspecified atom stereocenters. The van der Waals surface area contributed by atoms with Gasteiger partial charge >= 0.3 is 0 Å². The number of rotatable bonds is 2. The number of halogens is 1. The lowest BCUT2D eigenvalue weighted by Gasteiger charge is -1.95. The van der Waals surface area contributed by atoms with Gasteiger partial charge < -0.3 is 0 Å². The molecule has 17 heavy (non-hydrogen) atoms. The fourth-order valence-corrected chi connectivity index (χ4v) is 1.40. The Morgan fingerprint density at radius 3 is 2.71 bits per heavy atom. The van der Waals surface area contributed by atoms with Gasteiger partial charge in [-0.2, -0.15) is 5.26 Å². The van der Waals surface area contributed by atoms with Crippen molar-refractivity contribution in [1.29, 1.82) is 5.26 Å². The van der Waals surface area contributed by atoms with Crippen LogP contribution in [-0.4, -0.2) is 4.98 Å². The van der Waals surface area contributed by atoms with E-state index >= 15 is 0 Å². The highest BCUT2D eigenvalue weighted by Gasteiger charge is 1.93. The molecule has 0 aliphatic heterocycles. The van der Waals surface area contributed by atoms with Crippen molar-refractivity contribution in [1.82, 2.24) is 4.98 Å². The van der Waals surface area contributed by atoms with E-state index in [0.717, 1.165) is 5.56 Å². The second kappa shape index (κ2) is 5.04. The fraction of sp³-hybridized carbons (Fsp3) is 0. The zero-order valence-electron chi connectivity index (χ0n) is 8.97. The molecule has 0 N–H and O–H groups in total. The molecule has 0 saturated carbocycles. The molecule has 2 aromatic rings. The topological polar surface area (TPSA) is 36.7 Å². The van der Waals surface area contributed by atoms with Gasteiger partial charge in [0.25, 0.3) is 0 Å². The number of nitrogens with zero attached hydrogens (tertiary/aromatic N) is 2. The Labute approximate surface area is 98.7 Å². The minimum Gasteiger partial charge on any atom is -0.238 e. The van der Waals surface area contributed by atoms with E-state index in [9.17, 15) is 4.39 Å². The van der Waals surface area contributed by atoms with E-state index in [1.54, 1.807) is 42.5 Å². The average molecular weight is 224 g/mol. The zero-order chi connectivity index (χ0) is 12.1. The highest BCUT2D eigenvalue weighted by molar-refractivity contribution is 5.68. The second-order valence-electron chi connectivity index (χ2n) is 3.45. The lowest BCUT2D eigenvalue weighted by molar-refractivity contribution is 0.627. The summed E-state index contributed by atoms with van der Waals surface area (Å²) in [7, 11) is 0. The maximum atomic E-state index is 12.9. The van der Waals surface area contributed by atoms with Gasteiger partial charge in [-0.3, -0.25) is 0 Å². The summed E-state index contributed by atoms with van der Waals surface area (Å²) in [6.07, 6.45) is 3.50. The van der Waals surface area contributed by atoms with Crippen molar-refractivity contribution < 1.29 is 4.39 Å². The highest BCUT2D eigenvalue weighted by atomic mass is 19.1. The van der Waals surface area contributed by atoms with Crippen LogP contribution < -0.4 is 0 Å². The predicted octanol–water partition coefficient (Wildman–Crippen LogP) is 3.26. The molecule has 0 radical (unpaired) electrons.